The third-order valence-electron chi connectivity index (χ3n) is 5.73. The van der Waals surface area contributed by atoms with Crippen molar-refractivity contribution >= 4 is 34.2 Å². The van der Waals surface area contributed by atoms with Gasteiger partial charge in [-0.05, 0) is 47.9 Å². The molecule has 1 aliphatic heterocycles. The number of rotatable bonds is 6. The first kappa shape index (κ1) is 22.5. The Morgan fingerprint density at radius 3 is 2.56 bits per heavy atom. The van der Waals surface area contributed by atoms with Crippen LogP contribution >= 0.6 is 11.6 Å². The van der Waals surface area contributed by atoms with Crippen molar-refractivity contribution in [1.82, 2.24) is 9.80 Å². The second-order valence-corrected chi connectivity index (χ2v) is 8.41. The van der Waals surface area contributed by atoms with Gasteiger partial charge in [0.15, 0.2) is 0 Å². The molecule has 1 fully saturated rings. The number of halogens is 2. The monoisotopic (exact) mass is 457 g/mol. The van der Waals surface area contributed by atoms with Crippen molar-refractivity contribution in [2.24, 2.45) is 0 Å². The lowest BCUT2D eigenvalue weighted by molar-refractivity contribution is -0.117. The van der Waals surface area contributed by atoms with E-state index in [9.17, 15) is 14.0 Å². The molecule has 0 saturated carbocycles. The molecule has 1 amide bonds. The van der Waals surface area contributed by atoms with E-state index in [1.807, 2.05) is 12.1 Å². The molecule has 1 saturated heterocycles. The number of fused-ring (bicyclic) bond motifs is 1. The Balaban J connectivity index is 1.34. The summed E-state index contributed by atoms with van der Waals surface area (Å²) in [6, 6.07) is 11.6. The van der Waals surface area contributed by atoms with E-state index < -0.39 is 5.82 Å². The summed E-state index contributed by atoms with van der Waals surface area (Å²) in [4.78, 5) is 28.7. The number of carbonyl (C=O) groups is 1. The van der Waals surface area contributed by atoms with Gasteiger partial charge >= 0.3 is 5.63 Å². The normalized spacial score (nSPS) is 15.2. The summed E-state index contributed by atoms with van der Waals surface area (Å²) in [5, 5.41) is 3.71. The van der Waals surface area contributed by atoms with E-state index in [-0.39, 0.29) is 23.1 Å². The van der Waals surface area contributed by atoms with Crippen LogP contribution in [0, 0.1) is 5.82 Å². The summed E-state index contributed by atoms with van der Waals surface area (Å²) in [5.74, 6) is -0.685. The number of piperazine rings is 1. The Kier molecular flexibility index (Phi) is 6.89. The van der Waals surface area contributed by atoms with E-state index in [1.165, 1.54) is 23.8 Å². The molecule has 0 unspecified atom stereocenters. The van der Waals surface area contributed by atoms with Gasteiger partial charge < -0.3 is 9.73 Å². The maximum atomic E-state index is 13.3. The molecule has 0 bridgehead atoms. The Morgan fingerprint density at radius 1 is 1.09 bits per heavy atom. The number of benzene rings is 2. The van der Waals surface area contributed by atoms with Crippen LogP contribution in [0.25, 0.3) is 11.0 Å². The Labute approximate surface area is 190 Å². The second-order valence-electron chi connectivity index (χ2n) is 8.00. The van der Waals surface area contributed by atoms with Gasteiger partial charge in [0.25, 0.3) is 0 Å². The number of aryl methyl sites for hydroxylation is 1. The van der Waals surface area contributed by atoms with Crippen molar-refractivity contribution in [3.8, 4) is 0 Å². The summed E-state index contributed by atoms with van der Waals surface area (Å²) < 4.78 is 18.6. The highest BCUT2D eigenvalue weighted by Gasteiger charge is 2.20. The van der Waals surface area contributed by atoms with Crippen LogP contribution in [0.3, 0.4) is 0 Å². The van der Waals surface area contributed by atoms with Gasteiger partial charge in [0, 0.05) is 49.9 Å². The lowest BCUT2D eigenvalue weighted by atomic mass is 10.0. The number of hydrogen-bond acceptors (Lipinski definition) is 5. The maximum absolute atomic E-state index is 13.3. The van der Waals surface area contributed by atoms with E-state index in [4.69, 9.17) is 16.0 Å². The predicted octanol–water partition coefficient (Wildman–Crippen LogP) is 3.90. The van der Waals surface area contributed by atoms with Crippen LogP contribution in [0.15, 0.2) is 51.7 Å². The first-order chi connectivity index (χ1) is 15.4. The fraction of sp³-hybridized carbons (Fsp3) is 0.333. The van der Waals surface area contributed by atoms with Crippen LogP contribution in [0.1, 0.15) is 18.1 Å². The average molecular weight is 458 g/mol. The largest absolute Gasteiger partial charge is 0.423 e. The maximum Gasteiger partial charge on any atom is 0.336 e. The van der Waals surface area contributed by atoms with Gasteiger partial charge in [0.2, 0.25) is 5.91 Å². The summed E-state index contributed by atoms with van der Waals surface area (Å²) in [6.45, 7) is 6.04. The zero-order chi connectivity index (χ0) is 22.7. The summed E-state index contributed by atoms with van der Waals surface area (Å²) >= 11 is 5.77. The molecule has 0 atom stereocenters. The molecule has 0 radical (unpaired) electrons. The highest BCUT2D eigenvalue weighted by Crippen LogP contribution is 2.22. The second kappa shape index (κ2) is 9.81. The van der Waals surface area contributed by atoms with Crippen molar-refractivity contribution < 1.29 is 13.6 Å². The quantitative estimate of drug-likeness (QED) is 0.569. The van der Waals surface area contributed by atoms with Crippen molar-refractivity contribution in [3.05, 3.63) is 74.9 Å². The zero-order valence-corrected chi connectivity index (χ0v) is 18.6. The first-order valence-electron chi connectivity index (χ1n) is 10.7. The van der Waals surface area contributed by atoms with E-state index in [0.717, 1.165) is 43.5 Å². The number of nitrogens with one attached hydrogen (secondary N) is 1. The third-order valence-corrected chi connectivity index (χ3v) is 6.02. The van der Waals surface area contributed by atoms with Crippen LogP contribution in [-0.2, 0) is 17.8 Å². The number of nitrogens with zero attached hydrogens (tertiary/aromatic N) is 2. The predicted molar refractivity (Wildman–Crippen MR) is 124 cm³/mol. The molecule has 1 N–H and O–H groups in total. The number of anilines is 1. The first-order valence-corrected chi connectivity index (χ1v) is 11.0. The number of carbonyl (C=O) groups excluding carboxylic acids is 1. The minimum absolute atomic E-state index is 0.0232. The van der Waals surface area contributed by atoms with Crippen LogP contribution in [0.5, 0.6) is 0 Å². The standard InChI is InChI=1S/C24H25ClFN3O3/c1-2-16-3-6-22-19(11-16)17(12-24(31)32-22)14-28-7-9-29(10-8-28)15-23(30)27-18-4-5-21(26)20(25)13-18/h3-6,11-13H,2,7-10,14-15H2,1H3,(H,27,30). The SMILES string of the molecule is CCc1ccc2oc(=O)cc(CN3CCN(CC(=O)Nc4ccc(F)c(Cl)c4)CC3)c2c1. The fourth-order valence-electron chi connectivity index (χ4n) is 3.95. The van der Waals surface area contributed by atoms with Gasteiger partial charge in [-0.15, -0.1) is 0 Å². The molecule has 0 aliphatic carbocycles. The molecule has 8 heteroatoms. The van der Waals surface area contributed by atoms with E-state index in [2.05, 4.69) is 28.1 Å². The topological polar surface area (TPSA) is 65.8 Å². The minimum Gasteiger partial charge on any atom is -0.423 e. The molecule has 2 aromatic carbocycles. The lowest BCUT2D eigenvalue weighted by Crippen LogP contribution is -2.48. The van der Waals surface area contributed by atoms with Gasteiger partial charge in [0.05, 0.1) is 11.6 Å². The van der Waals surface area contributed by atoms with Crippen LogP contribution in [0.4, 0.5) is 10.1 Å². The summed E-state index contributed by atoms with van der Waals surface area (Å²) in [5.41, 5.74) is 2.91. The molecule has 6 nitrogen and oxygen atoms in total. The van der Waals surface area contributed by atoms with Gasteiger partial charge in [-0.3, -0.25) is 14.6 Å². The molecule has 3 aromatic rings. The molecule has 2 heterocycles. The van der Waals surface area contributed by atoms with Gasteiger partial charge in [-0.1, -0.05) is 24.6 Å². The van der Waals surface area contributed by atoms with Crippen molar-refractivity contribution in [1.29, 1.82) is 0 Å². The molecule has 32 heavy (non-hydrogen) atoms. The van der Waals surface area contributed by atoms with Crippen LogP contribution < -0.4 is 10.9 Å². The zero-order valence-electron chi connectivity index (χ0n) is 17.9. The van der Waals surface area contributed by atoms with Crippen LogP contribution in [0.2, 0.25) is 5.02 Å². The van der Waals surface area contributed by atoms with E-state index in [1.54, 1.807) is 6.07 Å². The van der Waals surface area contributed by atoms with Crippen molar-refractivity contribution in [2.75, 3.05) is 38.0 Å². The van der Waals surface area contributed by atoms with E-state index >= 15 is 0 Å². The van der Waals surface area contributed by atoms with Crippen molar-refractivity contribution in [3.63, 3.8) is 0 Å². The molecule has 0 spiro atoms. The molecule has 1 aromatic heterocycles. The Morgan fingerprint density at radius 2 is 1.84 bits per heavy atom. The fourth-order valence-corrected chi connectivity index (χ4v) is 4.13. The molecule has 4 rings (SSSR count). The number of amides is 1. The molecular weight excluding hydrogens is 433 g/mol. The van der Waals surface area contributed by atoms with Gasteiger partial charge in [-0.2, -0.15) is 0 Å². The third kappa shape index (κ3) is 5.35. The van der Waals surface area contributed by atoms with Gasteiger partial charge in [0.1, 0.15) is 11.4 Å². The highest BCUT2D eigenvalue weighted by atomic mass is 35.5. The van der Waals surface area contributed by atoms with Crippen LogP contribution in [-0.4, -0.2) is 48.4 Å². The van der Waals surface area contributed by atoms with Crippen molar-refractivity contribution in [2.45, 2.75) is 19.9 Å². The smallest absolute Gasteiger partial charge is 0.336 e. The number of hydrogen-bond donors (Lipinski definition) is 1. The Bertz CT molecular complexity index is 1190. The summed E-state index contributed by atoms with van der Waals surface area (Å²) in [7, 11) is 0. The van der Waals surface area contributed by atoms with E-state index in [0.29, 0.717) is 17.8 Å². The lowest BCUT2D eigenvalue weighted by Gasteiger charge is -2.34. The average Bonchev–Trinajstić information content (AvgIpc) is 2.77. The van der Waals surface area contributed by atoms with Gasteiger partial charge in [-0.25, -0.2) is 9.18 Å². The molecular formula is C24H25ClFN3O3. The Hall–Kier alpha value is -2.74. The summed E-state index contributed by atoms with van der Waals surface area (Å²) in [6.07, 6.45) is 0.916. The molecule has 1 aliphatic rings. The highest BCUT2D eigenvalue weighted by molar-refractivity contribution is 6.31. The molecule has 168 valence electrons. The minimum atomic E-state index is -0.518.